The molecule has 0 aromatic rings. The smallest absolute Gasteiger partial charge is 0.129 e. The fourth-order valence-electron chi connectivity index (χ4n) is 4.17. The van der Waals surface area contributed by atoms with E-state index in [0.717, 1.165) is 32.5 Å². The lowest BCUT2D eigenvalue weighted by Gasteiger charge is -2.49. The Morgan fingerprint density at radius 1 is 1.30 bits per heavy atom. The van der Waals surface area contributed by atoms with Gasteiger partial charge in [0, 0.05) is 38.3 Å². The van der Waals surface area contributed by atoms with Crippen molar-refractivity contribution in [3.05, 3.63) is 0 Å². The van der Waals surface area contributed by atoms with Gasteiger partial charge in [0.2, 0.25) is 0 Å². The monoisotopic (exact) mass is 280 g/mol. The Morgan fingerprint density at radius 3 is 2.95 bits per heavy atom. The van der Waals surface area contributed by atoms with Crippen LogP contribution in [0, 0.1) is 5.41 Å². The predicted molar refractivity (Wildman–Crippen MR) is 78.8 cm³/mol. The molecule has 4 nitrogen and oxygen atoms in total. The minimum absolute atomic E-state index is 0.247. The summed E-state index contributed by atoms with van der Waals surface area (Å²) in [5.74, 6) is 0. The van der Waals surface area contributed by atoms with Crippen molar-refractivity contribution in [3.8, 4) is 0 Å². The first-order valence-electron chi connectivity index (χ1n) is 8.25. The molecule has 3 heterocycles. The number of fused-ring (bicyclic) bond motifs is 1. The predicted octanol–water partition coefficient (Wildman–Crippen LogP) is 1.54. The van der Waals surface area contributed by atoms with Crippen LogP contribution < -0.4 is 0 Å². The summed E-state index contributed by atoms with van der Waals surface area (Å²) in [7, 11) is 0. The molecule has 3 unspecified atom stereocenters. The molecule has 0 N–H and O–H groups in total. The van der Waals surface area contributed by atoms with Crippen molar-refractivity contribution in [1.82, 2.24) is 9.80 Å². The minimum atomic E-state index is -0.247. The molecule has 0 spiro atoms. The molecule has 0 radical (unpaired) electrons. The van der Waals surface area contributed by atoms with E-state index in [1.54, 1.807) is 0 Å². The number of aldehydes is 1. The van der Waals surface area contributed by atoms with Crippen LogP contribution in [0.1, 0.15) is 39.0 Å². The van der Waals surface area contributed by atoms with Crippen LogP contribution in [0.3, 0.4) is 0 Å². The van der Waals surface area contributed by atoms with Gasteiger partial charge >= 0.3 is 0 Å². The van der Waals surface area contributed by atoms with E-state index < -0.39 is 0 Å². The summed E-state index contributed by atoms with van der Waals surface area (Å²) in [6.45, 7) is 8.21. The summed E-state index contributed by atoms with van der Waals surface area (Å²) >= 11 is 0. The van der Waals surface area contributed by atoms with Crippen molar-refractivity contribution in [2.75, 3.05) is 39.4 Å². The van der Waals surface area contributed by atoms with Crippen molar-refractivity contribution in [3.63, 3.8) is 0 Å². The molecule has 0 aromatic heterocycles. The summed E-state index contributed by atoms with van der Waals surface area (Å²) in [6, 6.07) is 1.27. The molecule has 0 bridgehead atoms. The zero-order valence-corrected chi connectivity index (χ0v) is 12.7. The lowest BCUT2D eigenvalue weighted by molar-refractivity contribution is -0.128. The van der Waals surface area contributed by atoms with Crippen LogP contribution in [0.25, 0.3) is 0 Å². The molecule has 0 aromatic carbocycles. The molecule has 3 atom stereocenters. The fourth-order valence-corrected chi connectivity index (χ4v) is 4.17. The van der Waals surface area contributed by atoms with E-state index in [2.05, 4.69) is 16.7 Å². The quantitative estimate of drug-likeness (QED) is 0.734. The van der Waals surface area contributed by atoms with Gasteiger partial charge in [0.15, 0.2) is 0 Å². The van der Waals surface area contributed by atoms with Crippen LogP contribution in [0.15, 0.2) is 0 Å². The molecule has 20 heavy (non-hydrogen) atoms. The number of hydrogen-bond donors (Lipinski definition) is 0. The molecule has 0 saturated carbocycles. The molecule has 0 aliphatic carbocycles. The van der Waals surface area contributed by atoms with Crippen LogP contribution in [0.4, 0.5) is 0 Å². The second kappa shape index (κ2) is 6.12. The maximum Gasteiger partial charge on any atom is 0.129 e. The van der Waals surface area contributed by atoms with Crippen LogP contribution in [-0.4, -0.2) is 67.6 Å². The number of rotatable bonds is 3. The highest BCUT2D eigenvalue weighted by atomic mass is 16.5. The van der Waals surface area contributed by atoms with E-state index in [1.165, 1.54) is 38.6 Å². The van der Waals surface area contributed by atoms with Crippen LogP contribution in [-0.2, 0) is 9.53 Å². The minimum Gasteiger partial charge on any atom is -0.380 e. The number of hydrogen-bond acceptors (Lipinski definition) is 4. The maximum absolute atomic E-state index is 11.6. The van der Waals surface area contributed by atoms with Gasteiger partial charge in [-0.1, -0.05) is 6.42 Å². The molecule has 3 aliphatic rings. The van der Waals surface area contributed by atoms with E-state index >= 15 is 0 Å². The van der Waals surface area contributed by atoms with Crippen molar-refractivity contribution >= 4 is 6.29 Å². The SMILES string of the molecule is CC1CN2CCCCC2CN1CC1(C=O)CCCOC1. The Hall–Kier alpha value is -0.450. The Morgan fingerprint density at radius 2 is 2.20 bits per heavy atom. The molecule has 114 valence electrons. The van der Waals surface area contributed by atoms with Gasteiger partial charge in [0.1, 0.15) is 6.29 Å². The first kappa shape index (κ1) is 14.5. The normalized spacial score (nSPS) is 40.2. The summed E-state index contributed by atoms with van der Waals surface area (Å²) in [4.78, 5) is 16.8. The second-order valence-electron chi connectivity index (χ2n) is 7.06. The van der Waals surface area contributed by atoms with Gasteiger partial charge in [-0.05, 0) is 39.2 Å². The first-order valence-corrected chi connectivity index (χ1v) is 8.25. The third kappa shape index (κ3) is 2.92. The lowest BCUT2D eigenvalue weighted by atomic mass is 9.82. The van der Waals surface area contributed by atoms with Gasteiger partial charge in [-0.2, -0.15) is 0 Å². The highest BCUT2D eigenvalue weighted by Gasteiger charge is 2.39. The topological polar surface area (TPSA) is 32.8 Å². The van der Waals surface area contributed by atoms with Crippen molar-refractivity contribution in [2.45, 2.75) is 51.1 Å². The van der Waals surface area contributed by atoms with Crippen LogP contribution in [0.2, 0.25) is 0 Å². The molecule has 3 aliphatic heterocycles. The van der Waals surface area contributed by atoms with Gasteiger partial charge < -0.3 is 9.53 Å². The number of piperazine rings is 1. The standard InChI is InChI=1S/C16H28N2O2/c1-14-9-17-7-3-2-5-15(17)10-18(14)11-16(12-19)6-4-8-20-13-16/h12,14-15H,2-11,13H2,1H3. The largest absolute Gasteiger partial charge is 0.380 e. The molecule has 3 fully saturated rings. The Bertz CT molecular complexity index is 341. The van der Waals surface area contributed by atoms with E-state index in [-0.39, 0.29) is 5.41 Å². The average molecular weight is 280 g/mol. The van der Waals surface area contributed by atoms with E-state index in [4.69, 9.17) is 4.74 Å². The zero-order chi connectivity index (χ0) is 14.0. The van der Waals surface area contributed by atoms with Gasteiger partial charge in [0.25, 0.3) is 0 Å². The van der Waals surface area contributed by atoms with Crippen molar-refractivity contribution in [1.29, 1.82) is 0 Å². The average Bonchev–Trinajstić information content (AvgIpc) is 2.49. The van der Waals surface area contributed by atoms with E-state index in [9.17, 15) is 4.79 Å². The number of nitrogens with zero attached hydrogens (tertiary/aromatic N) is 2. The number of carbonyl (C=O) groups is 1. The molecule has 3 rings (SSSR count). The van der Waals surface area contributed by atoms with Crippen LogP contribution in [0.5, 0.6) is 0 Å². The Labute approximate surface area is 122 Å². The summed E-state index contributed by atoms with van der Waals surface area (Å²) in [5.41, 5.74) is -0.247. The van der Waals surface area contributed by atoms with Gasteiger partial charge in [-0.25, -0.2) is 0 Å². The molecular weight excluding hydrogens is 252 g/mol. The third-order valence-corrected chi connectivity index (χ3v) is 5.44. The summed E-state index contributed by atoms with van der Waals surface area (Å²) < 4.78 is 5.59. The highest BCUT2D eigenvalue weighted by Crippen LogP contribution is 2.31. The highest BCUT2D eigenvalue weighted by molar-refractivity contribution is 5.60. The van der Waals surface area contributed by atoms with Gasteiger partial charge in [-0.3, -0.25) is 9.80 Å². The van der Waals surface area contributed by atoms with Crippen LogP contribution >= 0.6 is 0 Å². The molecule has 0 amide bonds. The number of piperidine rings is 1. The Kier molecular flexibility index (Phi) is 4.43. The van der Waals surface area contributed by atoms with E-state index in [1.807, 2.05) is 0 Å². The lowest BCUT2D eigenvalue weighted by Crippen LogP contribution is -2.61. The number of carbonyl (C=O) groups excluding carboxylic acids is 1. The fraction of sp³-hybridized carbons (Fsp3) is 0.938. The maximum atomic E-state index is 11.6. The summed E-state index contributed by atoms with van der Waals surface area (Å²) in [5, 5.41) is 0. The third-order valence-electron chi connectivity index (χ3n) is 5.44. The molecular formula is C16H28N2O2. The first-order chi connectivity index (χ1) is 9.72. The Balaban J connectivity index is 1.65. The van der Waals surface area contributed by atoms with Crippen molar-refractivity contribution < 1.29 is 9.53 Å². The zero-order valence-electron chi connectivity index (χ0n) is 12.7. The molecule has 4 heteroatoms. The molecule has 3 saturated heterocycles. The summed E-state index contributed by atoms with van der Waals surface area (Å²) in [6.07, 6.45) is 7.24. The van der Waals surface area contributed by atoms with Gasteiger partial charge in [-0.15, -0.1) is 0 Å². The van der Waals surface area contributed by atoms with E-state index in [0.29, 0.717) is 18.7 Å². The number of ether oxygens (including phenoxy) is 1. The van der Waals surface area contributed by atoms with Gasteiger partial charge in [0.05, 0.1) is 12.0 Å². The van der Waals surface area contributed by atoms with Crippen molar-refractivity contribution in [2.24, 2.45) is 5.41 Å². The second-order valence-corrected chi connectivity index (χ2v) is 7.06.